The minimum Gasteiger partial charge on any atom is -0.291 e. The lowest BCUT2D eigenvalue weighted by molar-refractivity contribution is 0.270. The molecule has 3 rings (SSSR count). The molecular formula is C27H31N. The van der Waals surface area contributed by atoms with Gasteiger partial charge in [0.05, 0.1) is 0 Å². The Kier molecular flexibility index (Phi) is 7.63. The second kappa shape index (κ2) is 10.6. The molecule has 1 unspecified atom stereocenters. The van der Waals surface area contributed by atoms with Gasteiger partial charge in [0.2, 0.25) is 0 Å². The van der Waals surface area contributed by atoms with Crippen LogP contribution in [0.4, 0.5) is 0 Å². The van der Waals surface area contributed by atoms with E-state index in [2.05, 4.69) is 109 Å². The van der Waals surface area contributed by atoms with Crippen LogP contribution in [0, 0.1) is 5.92 Å². The molecular weight excluding hydrogens is 338 g/mol. The van der Waals surface area contributed by atoms with Crippen molar-refractivity contribution in [3.05, 3.63) is 120 Å². The van der Waals surface area contributed by atoms with Crippen molar-refractivity contribution in [2.24, 2.45) is 5.92 Å². The molecule has 1 heteroatoms. The van der Waals surface area contributed by atoms with E-state index >= 15 is 0 Å². The molecule has 1 nitrogen and oxygen atoms in total. The Labute approximate surface area is 170 Å². The van der Waals surface area contributed by atoms with Gasteiger partial charge in [-0.05, 0) is 35.4 Å². The molecule has 0 aliphatic carbocycles. The van der Waals surface area contributed by atoms with Crippen LogP contribution >= 0.6 is 0 Å². The molecule has 0 radical (unpaired) electrons. The second-order valence-corrected chi connectivity index (χ2v) is 7.70. The molecule has 0 bridgehead atoms. The summed E-state index contributed by atoms with van der Waals surface area (Å²) in [4.78, 5) is 2.51. The van der Waals surface area contributed by atoms with Crippen LogP contribution in [0.1, 0.15) is 30.0 Å². The van der Waals surface area contributed by atoms with E-state index in [1.165, 1.54) is 22.3 Å². The molecule has 0 aliphatic heterocycles. The summed E-state index contributed by atoms with van der Waals surface area (Å²) in [6, 6.07) is 32.2. The van der Waals surface area contributed by atoms with Gasteiger partial charge in [-0.1, -0.05) is 110 Å². The van der Waals surface area contributed by atoms with Gasteiger partial charge < -0.3 is 0 Å². The van der Waals surface area contributed by atoms with E-state index in [0.717, 1.165) is 32.5 Å². The Bertz CT molecular complexity index is 782. The minimum atomic E-state index is 0.509. The summed E-state index contributed by atoms with van der Waals surface area (Å²) >= 11 is 0. The predicted molar refractivity (Wildman–Crippen MR) is 120 cm³/mol. The summed E-state index contributed by atoms with van der Waals surface area (Å²) in [6.07, 6.45) is 2.26. The third-order valence-corrected chi connectivity index (χ3v) is 5.33. The first-order chi connectivity index (χ1) is 13.7. The van der Waals surface area contributed by atoms with Gasteiger partial charge in [-0.15, -0.1) is 0 Å². The minimum absolute atomic E-state index is 0.509. The number of benzene rings is 3. The molecule has 28 heavy (non-hydrogen) atoms. The molecule has 0 aromatic heterocycles. The standard InChI is InChI=1S/C27H31N/c1-23(18-19-25-12-6-3-7-13-25)24(2)20-28(21-26-14-8-4-9-15-26)22-27-16-10-5-11-17-27/h3-17,23H,2,18-22H2,1H3. The average Bonchev–Trinajstić information content (AvgIpc) is 2.74. The third kappa shape index (κ3) is 6.51. The zero-order chi connectivity index (χ0) is 19.6. The molecule has 1 atom stereocenters. The Morgan fingerprint density at radius 2 is 1.14 bits per heavy atom. The van der Waals surface area contributed by atoms with Crippen molar-refractivity contribution >= 4 is 0 Å². The highest BCUT2D eigenvalue weighted by atomic mass is 15.1. The van der Waals surface area contributed by atoms with E-state index in [1.54, 1.807) is 0 Å². The van der Waals surface area contributed by atoms with Crippen molar-refractivity contribution < 1.29 is 0 Å². The molecule has 0 heterocycles. The maximum atomic E-state index is 4.45. The lowest BCUT2D eigenvalue weighted by Gasteiger charge is -2.26. The molecule has 3 aromatic rings. The topological polar surface area (TPSA) is 3.24 Å². The first-order valence-corrected chi connectivity index (χ1v) is 10.2. The molecule has 0 saturated carbocycles. The smallest absolute Gasteiger partial charge is 0.0240 e. The van der Waals surface area contributed by atoms with Gasteiger partial charge in [-0.25, -0.2) is 0 Å². The molecule has 0 N–H and O–H groups in total. The van der Waals surface area contributed by atoms with Crippen molar-refractivity contribution in [3.63, 3.8) is 0 Å². The van der Waals surface area contributed by atoms with Crippen molar-refractivity contribution in [1.29, 1.82) is 0 Å². The van der Waals surface area contributed by atoms with E-state index in [4.69, 9.17) is 0 Å². The zero-order valence-electron chi connectivity index (χ0n) is 16.9. The van der Waals surface area contributed by atoms with Gasteiger partial charge in [0.15, 0.2) is 0 Å². The van der Waals surface area contributed by atoms with Crippen molar-refractivity contribution in [1.82, 2.24) is 4.90 Å². The summed E-state index contributed by atoms with van der Waals surface area (Å²) in [5.41, 5.74) is 5.43. The normalized spacial score (nSPS) is 12.1. The van der Waals surface area contributed by atoms with E-state index in [0.29, 0.717) is 5.92 Å². The predicted octanol–water partition coefficient (Wildman–Crippen LogP) is 6.51. The van der Waals surface area contributed by atoms with Gasteiger partial charge in [0.1, 0.15) is 0 Å². The maximum absolute atomic E-state index is 4.45. The Balaban J connectivity index is 1.61. The van der Waals surface area contributed by atoms with Gasteiger partial charge in [-0.3, -0.25) is 4.90 Å². The SMILES string of the molecule is C=C(CN(Cc1ccccc1)Cc1ccccc1)C(C)CCc1ccccc1. The largest absolute Gasteiger partial charge is 0.291 e. The molecule has 144 valence electrons. The Morgan fingerprint density at radius 1 is 0.714 bits per heavy atom. The van der Waals surface area contributed by atoms with Gasteiger partial charge in [0.25, 0.3) is 0 Å². The molecule has 0 aliphatic rings. The summed E-state index contributed by atoms with van der Waals surface area (Å²) in [7, 11) is 0. The fourth-order valence-electron chi connectivity index (χ4n) is 3.53. The van der Waals surface area contributed by atoms with Crippen molar-refractivity contribution in [2.75, 3.05) is 6.54 Å². The van der Waals surface area contributed by atoms with Gasteiger partial charge in [-0.2, -0.15) is 0 Å². The van der Waals surface area contributed by atoms with Crippen LogP contribution < -0.4 is 0 Å². The third-order valence-electron chi connectivity index (χ3n) is 5.33. The van der Waals surface area contributed by atoms with Crippen molar-refractivity contribution in [3.8, 4) is 0 Å². The fraction of sp³-hybridized carbons (Fsp3) is 0.259. The van der Waals surface area contributed by atoms with E-state index in [1.807, 2.05) is 0 Å². The number of hydrogen-bond donors (Lipinski definition) is 0. The van der Waals surface area contributed by atoms with Crippen LogP contribution in [0.25, 0.3) is 0 Å². The van der Waals surface area contributed by atoms with Crippen LogP contribution in [0.15, 0.2) is 103 Å². The molecule has 0 saturated heterocycles. The van der Waals surface area contributed by atoms with Crippen LogP contribution in [-0.4, -0.2) is 11.4 Å². The number of hydrogen-bond acceptors (Lipinski definition) is 1. The molecule has 0 amide bonds. The lowest BCUT2D eigenvalue weighted by atomic mass is 9.94. The Hall–Kier alpha value is -2.64. The number of aryl methyl sites for hydroxylation is 1. The molecule has 3 aromatic carbocycles. The second-order valence-electron chi connectivity index (χ2n) is 7.70. The molecule has 0 spiro atoms. The number of rotatable bonds is 10. The van der Waals surface area contributed by atoms with Crippen molar-refractivity contribution in [2.45, 2.75) is 32.9 Å². The quantitative estimate of drug-likeness (QED) is 0.368. The van der Waals surface area contributed by atoms with Crippen LogP contribution in [0.3, 0.4) is 0 Å². The Morgan fingerprint density at radius 3 is 1.61 bits per heavy atom. The average molecular weight is 370 g/mol. The first-order valence-electron chi connectivity index (χ1n) is 10.2. The highest BCUT2D eigenvalue weighted by molar-refractivity contribution is 5.19. The van der Waals surface area contributed by atoms with Gasteiger partial charge >= 0.3 is 0 Å². The molecule has 0 fully saturated rings. The van der Waals surface area contributed by atoms with Crippen LogP contribution in [-0.2, 0) is 19.5 Å². The lowest BCUT2D eigenvalue weighted by Crippen LogP contribution is -2.26. The first kappa shape index (κ1) is 20.1. The zero-order valence-corrected chi connectivity index (χ0v) is 16.9. The maximum Gasteiger partial charge on any atom is 0.0240 e. The summed E-state index contributed by atoms with van der Waals surface area (Å²) in [5.74, 6) is 0.509. The monoisotopic (exact) mass is 369 g/mol. The van der Waals surface area contributed by atoms with Crippen LogP contribution in [0.2, 0.25) is 0 Å². The number of nitrogens with zero attached hydrogens (tertiary/aromatic N) is 1. The highest BCUT2D eigenvalue weighted by Crippen LogP contribution is 2.20. The van der Waals surface area contributed by atoms with E-state index < -0.39 is 0 Å². The van der Waals surface area contributed by atoms with Gasteiger partial charge in [0, 0.05) is 19.6 Å². The summed E-state index contributed by atoms with van der Waals surface area (Å²) in [6.45, 7) is 9.58. The van der Waals surface area contributed by atoms with E-state index in [-0.39, 0.29) is 0 Å². The summed E-state index contributed by atoms with van der Waals surface area (Å²) in [5, 5.41) is 0. The summed E-state index contributed by atoms with van der Waals surface area (Å²) < 4.78 is 0. The van der Waals surface area contributed by atoms with Crippen LogP contribution in [0.5, 0.6) is 0 Å². The highest BCUT2D eigenvalue weighted by Gasteiger charge is 2.13. The fourth-order valence-corrected chi connectivity index (χ4v) is 3.53. The van der Waals surface area contributed by atoms with E-state index in [9.17, 15) is 0 Å².